The maximum absolute atomic E-state index is 12.5. The fourth-order valence-corrected chi connectivity index (χ4v) is 7.59. The van der Waals surface area contributed by atoms with E-state index in [1.807, 2.05) is 12.1 Å². The highest BCUT2D eigenvalue weighted by molar-refractivity contribution is 5.91. The summed E-state index contributed by atoms with van der Waals surface area (Å²) in [5, 5.41) is 3.03. The van der Waals surface area contributed by atoms with Gasteiger partial charge in [0, 0.05) is 5.69 Å². The molecule has 3 nitrogen and oxygen atoms in total. The molecule has 4 bridgehead atoms. The molecule has 1 N–H and O–H groups in total. The number of ether oxygens (including phenoxy) is 1. The lowest BCUT2D eigenvalue weighted by Gasteiger charge is -2.57. The number of benzene rings is 2. The molecule has 5 aliphatic rings. The van der Waals surface area contributed by atoms with Crippen LogP contribution >= 0.6 is 0 Å². The van der Waals surface area contributed by atoms with Crippen molar-refractivity contribution in [1.29, 1.82) is 0 Å². The van der Waals surface area contributed by atoms with Crippen LogP contribution in [-0.2, 0) is 23.1 Å². The molecular weight excluding hydrogens is 382 g/mol. The monoisotopic (exact) mass is 415 g/mol. The Kier molecular flexibility index (Phi) is 4.81. The van der Waals surface area contributed by atoms with Gasteiger partial charge in [-0.25, -0.2) is 0 Å². The summed E-state index contributed by atoms with van der Waals surface area (Å²) in [5.41, 5.74) is 5.45. The van der Waals surface area contributed by atoms with Crippen molar-refractivity contribution in [2.45, 2.75) is 69.6 Å². The lowest BCUT2D eigenvalue weighted by molar-refractivity contribution is -0.118. The van der Waals surface area contributed by atoms with E-state index in [0.717, 1.165) is 42.0 Å². The number of anilines is 1. The predicted octanol–water partition coefficient (Wildman–Crippen LogP) is 6.05. The van der Waals surface area contributed by atoms with Crippen LogP contribution in [0.15, 0.2) is 42.5 Å². The molecule has 0 aliphatic heterocycles. The Labute approximate surface area is 185 Å². The third-order valence-electron chi connectivity index (χ3n) is 8.53. The first-order valence-corrected chi connectivity index (χ1v) is 12.3. The fourth-order valence-electron chi connectivity index (χ4n) is 7.59. The number of nitrogens with one attached hydrogen (secondary N) is 1. The zero-order valence-corrected chi connectivity index (χ0v) is 18.4. The largest absolute Gasteiger partial charge is 0.483 e. The molecule has 31 heavy (non-hydrogen) atoms. The Hall–Kier alpha value is -2.29. The summed E-state index contributed by atoms with van der Waals surface area (Å²) >= 11 is 0. The van der Waals surface area contributed by atoms with E-state index in [2.05, 4.69) is 35.6 Å². The van der Waals surface area contributed by atoms with E-state index in [0.29, 0.717) is 5.41 Å². The highest BCUT2D eigenvalue weighted by Crippen LogP contribution is 2.60. The van der Waals surface area contributed by atoms with Crippen molar-refractivity contribution in [1.82, 2.24) is 0 Å². The average Bonchev–Trinajstić information content (AvgIpc) is 2.77. The number of hydrogen-bond acceptors (Lipinski definition) is 2. The molecule has 0 aromatic heterocycles. The third kappa shape index (κ3) is 3.66. The molecule has 7 rings (SSSR count). The normalized spacial score (nSPS) is 30.6. The van der Waals surface area contributed by atoms with Gasteiger partial charge in [0.25, 0.3) is 5.91 Å². The lowest BCUT2D eigenvalue weighted by Crippen LogP contribution is -2.48. The number of carbonyl (C=O) groups is 1. The highest BCUT2D eigenvalue weighted by Gasteiger charge is 2.51. The van der Waals surface area contributed by atoms with E-state index in [9.17, 15) is 4.79 Å². The number of rotatable bonds is 5. The van der Waals surface area contributed by atoms with Gasteiger partial charge in [-0.05, 0) is 122 Å². The minimum atomic E-state index is -0.0871. The van der Waals surface area contributed by atoms with E-state index in [4.69, 9.17) is 4.74 Å². The van der Waals surface area contributed by atoms with Gasteiger partial charge in [0.2, 0.25) is 0 Å². The van der Waals surface area contributed by atoms with Crippen molar-refractivity contribution in [2.24, 2.45) is 17.8 Å². The van der Waals surface area contributed by atoms with Gasteiger partial charge in [0.05, 0.1) is 0 Å². The first-order valence-electron chi connectivity index (χ1n) is 12.3. The van der Waals surface area contributed by atoms with Crippen molar-refractivity contribution in [2.75, 3.05) is 11.9 Å². The number of carbonyl (C=O) groups excluding carboxylic acids is 1. The van der Waals surface area contributed by atoms with Crippen LogP contribution in [-0.4, -0.2) is 12.5 Å². The minimum absolute atomic E-state index is 0.0627. The summed E-state index contributed by atoms with van der Waals surface area (Å²) in [7, 11) is 0. The van der Waals surface area contributed by atoms with Gasteiger partial charge in [-0.1, -0.05) is 24.3 Å². The Balaban J connectivity index is 1.09. The summed E-state index contributed by atoms with van der Waals surface area (Å²) in [6.07, 6.45) is 13.2. The van der Waals surface area contributed by atoms with Gasteiger partial charge in [-0.15, -0.1) is 0 Å². The zero-order valence-electron chi connectivity index (χ0n) is 18.4. The van der Waals surface area contributed by atoms with Gasteiger partial charge >= 0.3 is 0 Å². The molecule has 0 heterocycles. The highest BCUT2D eigenvalue weighted by atomic mass is 16.5. The molecule has 4 fully saturated rings. The van der Waals surface area contributed by atoms with Crippen LogP contribution in [0.3, 0.4) is 0 Å². The van der Waals surface area contributed by atoms with Crippen molar-refractivity contribution < 1.29 is 9.53 Å². The van der Waals surface area contributed by atoms with Gasteiger partial charge in [0.1, 0.15) is 5.75 Å². The second-order valence-electron chi connectivity index (χ2n) is 10.7. The Morgan fingerprint density at radius 3 is 2.29 bits per heavy atom. The standard InChI is InChI=1S/C28H33NO2/c30-27(18-31-26-7-3-5-22-4-1-2-6-25(22)26)29-24-10-8-23(9-11-24)28-15-19-12-20(16-28)14-21(13-19)17-28/h3,5,7-11,19-21H,1-2,4,6,12-18H2,(H,29,30). The van der Waals surface area contributed by atoms with E-state index in [1.165, 1.54) is 68.1 Å². The number of aryl methyl sites for hydroxylation is 1. The molecule has 162 valence electrons. The van der Waals surface area contributed by atoms with Crippen LogP contribution in [0.4, 0.5) is 5.69 Å². The van der Waals surface area contributed by atoms with Gasteiger partial charge in [0.15, 0.2) is 6.61 Å². The molecule has 1 amide bonds. The predicted molar refractivity (Wildman–Crippen MR) is 124 cm³/mol. The zero-order chi connectivity index (χ0) is 20.8. The minimum Gasteiger partial charge on any atom is -0.483 e. The summed E-state index contributed by atoms with van der Waals surface area (Å²) in [5.74, 6) is 3.64. The maximum atomic E-state index is 12.5. The molecule has 3 heteroatoms. The first kappa shape index (κ1) is 19.4. The van der Waals surface area contributed by atoms with E-state index in [-0.39, 0.29) is 12.5 Å². The van der Waals surface area contributed by atoms with E-state index < -0.39 is 0 Å². The SMILES string of the molecule is O=C(COc1cccc2c1CCCC2)Nc1ccc(C23CC4CC(CC(C4)C2)C3)cc1. The smallest absolute Gasteiger partial charge is 0.262 e. The number of hydrogen-bond donors (Lipinski definition) is 1. The van der Waals surface area contributed by atoms with Crippen molar-refractivity contribution in [3.63, 3.8) is 0 Å². The van der Waals surface area contributed by atoms with Crippen LogP contribution in [0, 0.1) is 17.8 Å². The summed E-state index contributed by atoms with van der Waals surface area (Å²) in [6.45, 7) is 0.0627. The summed E-state index contributed by atoms with van der Waals surface area (Å²) in [4.78, 5) is 12.5. The molecule has 4 saturated carbocycles. The maximum Gasteiger partial charge on any atom is 0.262 e. The van der Waals surface area contributed by atoms with E-state index in [1.54, 1.807) is 0 Å². The number of amides is 1. The molecular formula is C28H33NO2. The molecule has 2 aromatic rings. The van der Waals surface area contributed by atoms with Crippen LogP contribution in [0.2, 0.25) is 0 Å². The molecule has 0 atom stereocenters. The molecule has 0 radical (unpaired) electrons. The first-order chi connectivity index (χ1) is 15.2. The Morgan fingerprint density at radius 1 is 0.903 bits per heavy atom. The van der Waals surface area contributed by atoms with Crippen molar-refractivity contribution in [3.05, 3.63) is 59.2 Å². The lowest BCUT2D eigenvalue weighted by atomic mass is 9.48. The second kappa shape index (κ2) is 7.69. The molecule has 2 aromatic carbocycles. The van der Waals surface area contributed by atoms with Crippen molar-refractivity contribution >= 4 is 11.6 Å². The molecule has 5 aliphatic carbocycles. The Morgan fingerprint density at radius 2 is 1.58 bits per heavy atom. The molecule has 0 unspecified atom stereocenters. The van der Waals surface area contributed by atoms with Crippen LogP contribution < -0.4 is 10.1 Å². The summed E-state index contributed by atoms with van der Waals surface area (Å²) < 4.78 is 5.91. The van der Waals surface area contributed by atoms with Gasteiger partial charge in [-0.3, -0.25) is 4.79 Å². The van der Waals surface area contributed by atoms with Crippen LogP contribution in [0.25, 0.3) is 0 Å². The molecule has 0 spiro atoms. The van der Waals surface area contributed by atoms with Crippen LogP contribution in [0.1, 0.15) is 68.1 Å². The third-order valence-corrected chi connectivity index (χ3v) is 8.53. The molecule has 0 saturated heterocycles. The summed E-state index contributed by atoms with van der Waals surface area (Å²) in [6, 6.07) is 15.0. The van der Waals surface area contributed by atoms with E-state index >= 15 is 0 Å². The topological polar surface area (TPSA) is 38.3 Å². The van der Waals surface area contributed by atoms with Gasteiger partial charge in [-0.2, -0.15) is 0 Å². The Bertz CT molecular complexity index is 942. The fraction of sp³-hybridized carbons (Fsp3) is 0.536. The second-order valence-corrected chi connectivity index (χ2v) is 10.7. The number of fused-ring (bicyclic) bond motifs is 1. The van der Waals surface area contributed by atoms with Gasteiger partial charge < -0.3 is 10.1 Å². The average molecular weight is 416 g/mol. The van der Waals surface area contributed by atoms with Crippen molar-refractivity contribution in [3.8, 4) is 5.75 Å². The van der Waals surface area contributed by atoms with Crippen LogP contribution in [0.5, 0.6) is 5.75 Å². The quantitative estimate of drug-likeness (QED) is 0.645.